The van der Waals surface area contributed by atoms with E-state index in [4.69, 9.17) is 0 Å². The number of aromatic nitrogens is 3. The summed E-state index contributed by atoms with van der Waals surface area (Å²) in [5.74, 6) is -0.118. The van der Waals surface area contributed by atoms with Crippen molar-refractivity contribution in [3.8, 4) is 0 Å². The number of benzene rings is 1. The van der Waals surface area contributed by atoms with Gasteiger partial charge in [-0.1, -0.05) is 18.2 Å². The minimum Gasteiger partial charge on any atom is -0.345 e. The van der Waals surface area contributed by atoms with Crippen LogP contribution in [0.3, 0.4) is 0 Å². The van der Waals surface area contributed by atoms with E-state index < -0.39 is 0 Å². The summed E-state index contributed by atoms with van der Waals surface area (Å²) in [4.78, 5) is 33.4. The molecule has 144 valence electrons. The quantitative estimate of drug-likeness (QED) is 0.704. The van der Waals surface area contributed by atoms with Crippen molar-refractivity contribution in [2.24, 2.45) is 0 Å². The van der Waals surface area contributed by atoms with Crippen molar-refractivity contribution in [3.05, 3.63) is 65.6 Å². The molecule has 0 saturated carbocycles. The van der Waals surface area contributed by atoms with Crippen molar-refractivity contribution in [3.63, 3.8) is 0 Å². The van der Waals surface area contributed by atoms with Gasteiger partial charge in [0, 0.05) is 32.4 Å². The molecule has 1 fully saturated rings. The molecule has 7 heteroatoms. The highest BCUT2D eigenvalue weighted by Gasteiger charge is 2.31. The lowest BCUT2D eigenvalue weighted by atomic mass is 9.97. The normalized spacial score (nSPS) is 16.9. The fraction of sp³-hybridized carbons (Fsp3) is 0.333. The molecule has 3 aromatic rings. The van der Waals surface area contributed by atoms with E-state index in [1.807, 2.05) is 41.3 Å². The van der Waals surface area contributed by atoms with Gasteiger partial charge in [-0.3, -0.25) is 9.59 Å². The van der Waals surface area contributed by atoms with Crippen LogP contribution in [-0.2, 0) is 0 Å². The molecule has 1 aliphatic heterocycles. The van der Waals surface area contributed by atoms with Gasteiger partial charge in [0.05, 0.1) is 17.9 Å². The lowest BCUT2D eigenvalue weighted by molar-refractivity contribution is 0.0603. The second-order valence-corrected chi connectivity index (χ2v) is 7.24. The van der Waals surface area contributed by atoms with E-state index in [0.29, 0.717) is 23.3 Å². The highest BCUT2D eigenvalue weighted by Crippen LogP contribution is 2.32. The summed E-state index contributed by atoms with van der Waals surface area (Å²) in [5.41, 5.74) is 2.55. The maximum atomic E-state index is 13.1. The maximum absolute atomic E-state index is 13.1. The van der Waals surface area contributed by atoms with Crippen LogP contribution >= 0.6 is 0 Å². The first-order valence-electron chi connectivity index (χ1n) is 9.48. The third-order valence-corrected chi connectivity index (χ3v) is 5.19. The number of hydrogen-bond donors (Lipinski definition) is 0. The molecule has 2 amide bonds. The first kappa shape index (κ1) is 18.2. The minimum atomic E-state index is -0.138. The van der Waals surface area contributed by atoms with Crippen molar-refractivity contribution in [2.75, 3.05) is 20.6 Å². The Kier molecular flexibility index (Phi) is 4.81. The number of fused-ring (bicyclic) bond motifs is 1. The summed E-state index contributed by atoms with van der Waals surface area (Å²) in [5, 5.41) is 4.43. The fourth-order valence-corrected chi connectivity index (χ4v) is 3.78. The van der Waals surface area contributed by atoms with Crippen LogP contribution in [0.15, 0.2) is 48.8 Å². The molecule has 1 atom stereocenters. The first-order valence-corrected chi connectivity index (χ1v) is 9.48. The number of likely N-dealkylation sites (tertiary alicyclic amines) is 1. The maximum Gasteiger partial charge on any atom is 0.258 e. The SMILES string of the molecule is CN(C)C(=O)c1cnn2c([C@H]3CCCCN3C(=O)c3ccccc3)ccnc12. The van der Waals surface area contributed by atoms with Crippen molar-refractivity contribution in [1.29, 1.82) is 0 Å². The molecule has 0 aliphatic carbocycles. The number of piperidine rings is 1. The Morgan fingerprint density at radius 1 is 1.11 bits per heavy atom. The van der Waals surface area contributed by atoms with Gasteiger partial charge in [0.25, 0.3) is 11.8 Å². The summed E-state index contributed by atoms with van der Waals surface area (Å²) in [6.45, 7) is 0.701. The van der Waals surface area contributed by atoms with Crippen LogP contribution in [0.4, 0.5) is 0 Å². The van der Waals surface area contributed by atoms with Crippen LogP contribution in [-0.4, -0.2) is 56.9 Å². The Bertz CT molecular complexity index is 1010. The molecule has 0 unspecified atom stereocenters. The number of carbonyl (C=O) groups is 2. The molecule has 3 heterocycles. The molecule has 1 aliphatic rings. The van der Waals surface area contributed by atoms with E-state index in [1.165, 1.54) is 4.90 Å². The van der Waals surface area contributed by atoms with Crippen molar-refractivity contribution in [1.82, 2.24) is 24.4 Å². The Labute approximate surface area is 163 Å². The Balaban J connectivity index is 1.75. The topological polar surface area (TPSA) is 70.8 Å². The number of hydrogen-bond acceptors (Lipinski definition) is 4. The lowest BCUT2D eigenvalue weighted by Gasteiger charge is -2.36. The van der Waals surface area contributed by atoms with Crippen LogP contribution < -0.4 is 0 Å². The number of rotatable bonds is 3. The van der Waals surface area contributed by atoms with Crippen molar-refractivity contribution in [2.45, 2.75) is 25.3 Å². The molecule has 0 radical (unpaired) electrons. The number of carbonyl (C=O) groups excluding carboxylic acids is 2. The van der Waals surface area contributed by atoms with Crippen LogP contribution in [0.25, 0.3) is 5.65 Å². The van der Waals surface area contributed by atoms with E-state index in [-0.39, 0.29) is 17.9 Å². The van der Waals surface area contributed by atoms with E-state index in [1.54, 1.807) is 31.0 Å². The van der Waals surface area contributed by atoms with Crippen LogP contribution in [0.2, 0.25) is 0 Å². The third kappa shape index (κ3) is 3.13. The van der Waals surface area contributed by atoms with Crippen LogP contribution in [0, 0.1) is 0 Å². The van der Waals surface area contributed by atoms with Gasteiger partial charge < -0.3 is 9.80 Å². The molecule has 0 N–H and O–H groups in total. The summed E-state index contributed by atoms with van der Waals surface area (Å²) in [6.07, 6.45) is 6.12. The van der Waals surface area contributed by atoms with Crippen molar-refractivity contribution < 1.29 is 9.59 Å². The predicted octanol–water partition coefficient (Wildman–Crippen LogP) is 2.80. The molecule has 0 spiro atoms. The van der Waals surface area contributed by atoms with Gasteiger partial charge in [-0.15, -0.1) is 0 Å². The summed E-state index contributed by atoms with van der Waals surface area (Å²) in [6, 6.07) is 11.1. The largest absolute Gasteiger partial charge is 0.345 e. The van der Waals surface area contributed by atoms with Gasteiger partial charge >= 0.3 is 0 Å². The van der Waals surface area contributed by atoms with Gasteiger partial charge in [-0.25, -0.2) is 9.50 Å². The molecule has 0 bridgehead atoms. The molecule has 1 aromatic carbocycles. The number of nitrogens with zero attached hydrogens (tertiary/aromatic N) is 5. The van der Waals surface area contributed by atoms with E-state index in [2.05, 4.69) is 10.1 Å². The van der Waals surface area contributed by atoms with Gasteiger partial charge in [0.1, 0.15) is 5.56 Å². The van der Waals surface area contributed by atoms with Gasteiger partial charge in [0.15, 0.2) is 5.65 Å². The zero-order valence-corrected chi connectivity index (χ0v) is 16.1. The minimum absolute atomic E-state index is 0.0204. The second-order valence-electron chi connectivity index (χ2n) is 7.24. The van der Waals surface area contributed by atoms with Crippen LogP contribution in [0.1, 0.15) is 51.7 Å². The van der Waals surface area contributed by atoms with E-state index in [0.717, 1.165) is 25.0 Å². The Morgan fingerprint density at radius 3 is 2.64 bits per heavy atom. The molecule has 4 rings (SSSR count). The smallest absolute Gasteiger partial charge is 0.258 e. The molecule has 2 aromatic heterocycles. The standard InChI is InChI=1S/C21H23N5O2/c1-24(2)21(28)16-14-23-26-18(11-12-22-19(16)26)17-10-6-7-13-25(17)20(27)15-8-4-3-5-9-15/h3-5,8-9,11-12,14,17H,6-7,10,13H2,1-2H3/t17-/m1/s1. The van der Waals surface area contributed by atoms with Gasteiger partial charge in [-0.2, -0.15) is 5.10 Å². The molecular weight excluding hydrogens is 354 g/mol. The molecule has 1 saturated heterocycles. The summed E-state index contributed by atoms with van der Waals surface area (Å²) in [7, 11) is 3.41. The fourth-order valence-electron chi connectivity index (χ4n) is 3.78. The van der Waals surface area contributed by atoms with Gasteiger partial charge in [-0.05, 0) is 37.5 Å². The highest BCUT2D eigenvalue weighted by molar-refractivity contribution is 5.99. The average molecular weight is 377 g/mol. The van der Waals surface area contributed by atoms with E-state index >= 15 is 0 Å². The van der Waals surface area contributed by atoms with Crippen LogP contribution in [0.5, 0.6) is 0 Å². The van der Waals surface area contributed by atoms with Gasteiger partial charge in [0.2, 0.25) is 0 Å². The van der Waals surface area contributed by atoms with Crippen molar-refractivity contribution >= 4 is 17.5 Å². The second kappa shape index (κ2) is 7.42. The number of amides is 2. The molecular formula is C21H23N5O2. The Morgan fingerprint density at radius 2 is 1.89 bits per heavy atom. The highest BCUT2D eigenvalue weighted by atomic mass is 16.2. The summed E-state index contributed by atoms with van der Waals surface area (Å²) >= 11 is 0. The summed E-state index contributed by atoms with van der Waals surface area (Å²) < 4.78 is 1.71. The Hall–Kier alpha value is -3.22. The third-order valence-electron chi connectivity index (χ3n) is 5.19. The predicted molar refractivity (Wildman–Crippen MR) is 105 cm³/mol. The lowest BCUT2D eigenvalue weighted by Crippen LogP contribution is -2.39. The van der Waals surface area contributed by atoms with E-state index in [9.17, 15) is 9.59 Å². The first-order chi connectivity index (χ1) is 13.6. The zero-order valence-electron chi connectivity index (χ0n) is 16.1. The molecule has 7 nitrogen and oxygen atoms in total. The zero-order chi connectivity index (χ0) is 19.7. The average Bonchev–Trinajstić information content (AvgIpc) is 3.17. The molecule has 28 heavy (non-hydrogen) atoms. The monoisotopic (exact) mass is 377 g/mol.